The molecule has 3 N–H and O–H groups in total. The summed E-state index contributed by atoms with van der Waals surface area (Å²) in [6, 6.07) is 3.22. The molecular formula is C23H23F4N5O5S. The molecule has 2 heterocycles. The number of aliphatic hydroxyl groups excluding tert-OH is 1. The number of anilines is 1. The molecule has 0 saturated heterocycles. The van der Waals surface area contributed by atoms with Gasteiger partial charge in [-0.1, -0.05) is 0 Å². The maximum Gasteiger partial charge on any atom is 0.416 e. The van der Waals surface area contributed by atoms with Gasteiger partial charge in [-0.05, 0) is 42.7 Å². The molecule has 38 heavy (non-hydrogen) atoms. The Balaban J connectivity index is 1.48. The molecular weight excluding hydrogens is 534 g/mol. The number of ketones is 1. The minimum atomic E-state index is -4.70. The zero-order valence-corrected chi connectivity index (χ0v) is 20.6. The number of alkyl halides is 3. The molecule has 4 rings (SSSR count). The first-order valence-electron chi connectivity index (χ1n) is 11.3. The van der Waals surface area contributed by atoms with E-state index < -0.39 is 51.9 Å². The van der Waals surface area contributed by atoms with E-state index in [0.717, 1.165) is 12.1 Å². The van der Waals surface area contributed by atoms with Crippen LogP contribution in [0.4, 0.5) is 23.4 Å². The highest BCUT2D eigenvalue weighted by Gasteiger charge is 2.37. The van der Waals surface area contributed by atoms with Crippen molar-refractivity contribution in [3.05, 3.63) is 77.3 Å². The van der Waals surface area contributed by atoms with Gasteiger partial charge in [0.15, 0.2) is 5.78 Å². The van der Waals surface area contributed by atoms with Crippen molar-refractivity contribution in [1.82, 2.24) is 19.3 Å². The van der Waals surface area contributed by atoms with E-state index in [1.165, 1.54) is 42.6 Å². The van der Waals surface area contributed by atoms with Gasteiger partial charge >= 0.3 is 16.5 Å². The summed E-state index contributed by atoms with van der Waals surface area (Å²) in [5.41, 5.74) is -0.782. The smallest absolute Gasteiger partial charge is 0.390 e. The van der Waals surface area contributed by atoms with Crippen LogP contribution in [-0.4, -0.2) is 59.1 Å². The Morgan fingerprint density at radius 1 is 1.26 bits per heavy atom. The molecule has 0 radical (unpaired) electrons. The lowest BCUT2D eigenvalue weighted by Gasteiger charge is -2.15. The highest BCUT2D eigenvalue weighted by atomic mass is 32.2. The Labute approximate surface area is 214 Å². The van der Waals surface area contributed by atoms with Gasteiger partial charge in [0.05, 0.1) is 17.2 Å². The fourth-order valence-electron chi connectivity index (χ4n) is 4.16. The first kappa shape index (κ1) is 27.6. The topological polar surface area (TPSA) is 135 Å². The molecule has 3 atom stereocenters. The molecule has 1 aliphatic carbocycles. The molecule has 0 amide bonds. The van der Waals surface area contributed by atoms with Crippen LogP contribution in [0.25, 0.3) is 0 Å². The maximum atomic E-state index is 13.7. The van der Waals surface area contributed by atoms with Crippen LogP contribution < -0.4 is 10.0 Å². The third-order valence-corrected chi connectivity index (χ3v) is 6.93. The van der Waals surface area contributed by atoms with Gasteiger partial charge in [0.1, 0.15) is 24.1 Å². The van der Waals surface area contributed by atoms with Crippen LogP contribution in [0.15, 0.2) is 49.2 Å². The molecule has 10 nitrogen and oxygen atoms in total. The first-order chi connectivity index (χ1) is 17.8. The average Bonchev–Trinajstić information content (AvgIpc) is 3.44. The summed E-state index contributed by atoms with van der Waals surface area (Å²) in [5.74, 6) is -1.37. The van der Waals surface area contributed by atoms with Gasteiger partial charge in [-0.2, -0.15) is 26.3 Å². The highest BCUT2D eigenvalue weighted by molar-refractivity contribution is 7.84. The summed E-state index contributed by atoms with van der Waals surface area (Å²) >= 11 is 0. The lowest BCUT2D eigenvalue weighted by molar-refractivity contribution is -0.137. The van der Waals surface area contributed by atoms with E-state index in [1.807, 2.05) is 4.72 Å². The van der Waals surface area contributed by atoms with Crippen LogP contribution in [0.3, 0.4) is 0 Å². The van der Waals surface area contributed by atoms with Crippen LogP contribution in [-0.2, 0) is 27.2 Å². The van der Waals surface area contributed by atoms with Gasteiger partial charge in [-0.25, -0.2) is 14.4 Å². The van der Waals surface area contributed by atoms with Gasteiger partial charge in [0, 0.05) is 43.8 Å². The Hall–Kier alpha value is -3.40. The van der Waals surface area contributed by atoms with E-state index in [-0.39, 0.29) is 41.9 Å². The number of carbonyl (C=O) groups excluding carboxylic acids is 1. The van der Waals surface area contributed by atoms with Crippen molar-refractivity contribution in [2.75, 3.05) is 12.4 Å². The second-order valence-electron chi connectivity index (χ2n) is 8.71. The van der Waals surface area contributed by atoms with Crippen LogP contribution in [0.2, 0.25) is 0 Å². The minimum absolute atomic E-state index is 0.0641. The Morgan fingerprint density at radius 2 is 2.03 bits per heavy atom. The van der Waals surface area contributed by atoms with Crippen LogP contribution >= 0.6 is 0 Å². The molecule has 1 aromatic carbocycles. The van der Waals surface area contributed by atoms with Gasteiger partial charge < -0.3 is 15.0 Å². The minimum Gasteiger partial charge on any atom is -0.390 e. The summed E-state index contributed by atoms with van der Waals surface area (Å²) in [6.07, 6.45) is -1.17. The number of hydrogen-bond donors (Lipinski definition) is 3. The normalized spacial score (nSPS) is 20.0. The summed E-state index contributed by atoms with van der Waals surface area (Å²) in [6.45, 7) is -0.110. The van der Waals surface area contributed by atoms with E-state index in [1.54, 1.807) is 0 Å². The summed E-state index contributed by atoms with van der Waals surface area (Å²) < 4.78 is 84.5. The van der Waals surface area contributed by atoms with Crippen LogP contribution in [0, 0.1) is 5.82 Å². The van der Waals surface area contributed by atoms with Gasteiger partial charge in [0.25, 0.3) is 0 Å². The fraction of sp³-hybridized carbons (Fsp3) is 0.348. The van der Waals surface area contributed by atoms with E-state index in [9.17, 15) is 35.9 Å². The van der Waals surface area contributed by atoms with Gasteiger partial charge in [-0.15, -0.1) is 0 Å². The van der Waals surface area contributed by atoms with Gasteiger partial charge in [-0.3, -0.25) is 8.98 Å². The Bertz CT molecular complexity index is 1430. The number of halogens is 4. The second-order valence-corrected chi connectivity index (χ2v) is 10.2. The number of nitrogens with zero attached hydrogens (tertiary/aromatic N) is 3. The van der Waals surface area contributed by atoms with Crippen LogP contribution in [0.1, 0.15) is 39.9 Å². The molecule has 0 aliphatic heterocycles. The molecule has 15 heteroatoms. The zero-order chi connectivity index (χ0) is 27.7. The molecule has 204 valence electrons. The number of aromatic nitrogens is 3. The van der Waals surface area contributed by atoms with Crippen molar-refractivity contribution in [3.63, 3.8) is 0 Å². The number of carbonyl (C=O) groups is 1. The van der Waals surface area contributed by atoms with Crippen molar-refractivity contribution in [2.24, 2.45) is 0 Å². The monoisotopic (exact) mass is 557 g/mol. The second kappa shape index (κ2) is 10.8. The summed E-state index contributed by atoms with van der Waals surface area (Å²) in [7, 11) is -2.84. The number of hydrogen-bond acceptors (Lipinski definition) is 8. The molecule has 2 aromatic heterocycles. The van der Waals surface area contributed by atoms with E-state index in [2.05, 4.69) is 15.3 Å². The average molecular weight is 558 g/mol. The van der Waals surface area contributed by atoms with Gasteiger partial charge in [0.2, 0.25) is 0 Å². The predicted molar refractivity (Wildman–Crippen MR) is 126 cm³/mol. The molecule has 1 fully saturated rings. The van der Waals surface area contributed by atoms with E-state index in [4.69, 9.17) is 4.18 Å². The lowest BCUT2D eigenvalue weighted by Crippen LogP contribution is -2.31. The first-order valence-corrected chi connectivity index (χ1v) is 12.7. The van der Waals surface area contributed by atoms with Crippen molar-refractivity contribution < 1.29 is 40.1 Å². The van der Waals surface area contributed by atoms with Crippen molar-refractivity contribution in [3.8, 4) is 0 Å². The highest BCUT2D eigenvalue weighted by Crippen LogP contribution is 2.31. The van der Waals surface area contributed by atoms with E-state index >= 15 is 0 Å². The fourth-order valence-corrected chi connectivity index (χ4v) is 4.79. The molecule has 3 aromatic rings. The number of rotatable bonds is 9. The summed E-state index contributed by atoms with van der Waals surface area (Å²) in [4.78, 5) is 21.2. The molecule has 0 bridgehead atoms. The summed E-state index contributed by atoms with van der Waals surface area (Å²) in [5, 5.41) is 13.2. The lowest BCUT2D eigenvalue weighted by atomic mass is 10.1. The zero-order valence-electron chi connectivity index (χ0n) is 19.8. The van der Waals surface area contributed by atoms with Crippen LogP contribution in [0.5, 0.6) is 0 Å². The Kier molecular flexibility index (Phi) is 7.83. The molecule has 0 unspecified atom stereocenters. The number of benzene rings is 1. The van der Waals surface area contributed by atoms with E-state index in [0.29, 0.717) is 6.07 Å². The molecule has 1 aliphatic rings. The maximum absolute atomic E-state index is 13.7. The molecule has 0 spiro atoms. The predicted octanol–water partition coefficient (Wildman–Crippen LogP) is 2.50. The number of aliphatic hydroxyl groups is 1. The number of nitrogens with one attached hydrogen (secondary N) is 2. The Morgan fingerprint density at radius 3 is 2.74 bits per heavy atom. The van der Waals surface area contributed by atoms with Crippen molar-refractivity contribution in [2.45, 2.75) is 43.8 Å². The molecule has 1 saturated carbocycles. The SMILES string of the molecule is CNS(=O)(=O)O[C@@H]1C[C@H](Nc2ncncc2C(=O)c2ccn(Cc3cc(F)cc(C(F)(F)F)c3)c2)C[C@@H]1O. The van der Waals surface area contributed by atoms with Crippen molar-refractivity contribution >= 4 is 21.9 Å². The third kappa shape index (κ3) is 6.53. The standard InChI is InChI=1S/C23H23F4N5O5S/c1-28-38(35,36)37-20-8-17(7-19(20)33)31-22-18(9-29-12-30-22)21(34)14-2-3-32(11-14)10-13-4-15(23(25,26)27)6-16(24)5-13/h2-6,9,11-12,17,19-20,28,33H,7-8,10H2,1H3,(H,29,30,31)/t17-,19+,20-/m1/s1. The van der Waals surface area contributed by atoms with Crippen molar-refractivity contribution in [1.29, 1.82) is 0 Å². The third-order valence-electron chi connectivity index (χ3n) is 5.93. The largest absolute Gasteiger partial charge is 0.416 e. The quantitative estimate of drug-likeness (QED) is 0.270.